The third kappa shape index (κ3) is 5.22. The summed E-state index contributed by atoms with van der Waals surface area (Å²) in [6.45, 7) is 4.84. The van der Waals surface area contributed by atoms with Gasteiger partial charge >= 0.3 is 0 Å². The van der Waals surface area contributed by atoms with Gasteiger partial charge in [0.15, 0.2) is 12.4 Å². The van der Waals surface area contributed by atoms with Crippen LogP contribution in [0.2, 0.25) is 0 Å². The predicted octanol–water partition coefficient (Wildman–Crippen LogP) is 4.92. The molecule has 4 rings (SSSR count). The lowest BCUT2D eigenvalue weighted by Crippen LogP contribution is -2.25. The lowest BCUT2D eigenvalue weighted by Gasteiger charge is -2.17. The Labute approximate surface area is 225 Å². The van der Waals surface area contributed by atoms with Crippen LogP contribution in [-0.4, -0.2) is 40.4 Å². The van der Waals surface area contributed by atoms with E-state index in [4.69, 9.17) is 18.6 Å². The molecule has 0 saturated heterocycles. The molecule has 0 saturated carbocycles. The number of methoxy groups -OCH3 is 1. The first kappa shape index (κ1) is 26.8. The average Bonchev–Trinajstić information content (AvgIpc) is 3.53. The Balaban J connectivity index is 1.57. The van der Waals surface area contributed by atoms with Gasteiger partial charge in [-0.3, -0.25) is 14.9 Å². The van der Waals surface area contributed by atoms with Crippen molar-refractivity contribution in [2.24, 2.45) is 5.10 Å². The number of aryl methyl sites for hydroxylation is 2. The number of pyridine rings is 1. The zero-order valence-electron chi connectivity index (χ0n) is 20.9. The van der Waals surface area contributed by atoms with Crippen molar-refractivity contribution >= 4 is 33.4 Å². The number of carbonyl (C=O) groups is 1. The number of aromatic nitrogens is 1. The molecule has 2 aromatic heterocycles. The number of nitro groups is 1. The van der Waals surface area contributed by atoms with Gasteiger partial charge in [-0.2, -0.15) is 10.3 Å². The van der Waals surface area contributed by atoms with E-state index in [1.807, 2.05) is 0 Å². The first-order valence-corrected chi connectivity index (χ1v) is 12.0. The zero-order valence-corrected chi connectivity index (χ0v) is 22.4. The molecule has 196 valence electrons. The monoisotopic (exact) mass is 583 g/mol. The number of nitro benzene ring substituents is 1. The number of benzene rings is 1. The Bertz CT molecular complexity index is 1490. The molecule has 0 fully saturated rings. The summed E-state index contributed by atoms with van der Waals surface area (Å²) in [7, 11) is 1.52. The zero-order chi connectivity index (χ0) is 27.6. The summed E-state index contributed by atoms with van der Waals surface area (Å²) in [6, 6.07) is 9.81. The molecule has 0 aliphatic carbocycles. The van der Waals surface area contributed by atoms with Gasteiger partial charge in [0, 0.05) is 41.8 Å². The third-order valence-corrected chi connectivity index (χ3v) is 6.73. The van der Waals surface area contributed by atoms with E-state index in [1.165, 1.54) is 26.2 Å². The summed E-state index contributed by atoms with van der Waals surface area (Å²) in [5.41, 5.74) is 2.63. The molecular weight excluding hydrogens is 562 g/mol. The van der Waals surface area contributed by atoms with Crippen LogP contribution in [0, 0.1) is 35.3 Å². The topological polar surface area (TPSA) is 153 Å². The van der Waals surface area contributed by atoms with Crippen molar-refractivity contribution in [1.82, 2.24) is 9.99 Å². The van der Waals surface area contributed by atoms with Crippen LogP contribution in [0.1, 0.15) is 41.3 Å². The number of amides is 1. The number of ether oxygens (including phenoxy) is 3. The van der Waals surface area contributed by atoms with Crippen LogP contribution in [0.5, 0.6) is 5.88 Å². The summed E-state index contributed by atoms with van der Waals surface area (Å²) in [5, 5.41) is 26.2. The largest absolute Gasteiger partial charge is 0.467 e. The number of rotatable bonds is 8. The van der Waals surface area contributed by atoms with Gasteiger partial charge in [0.2, 0.25) is 17.7 Å². The van der Waals surface area contributed by atoms with E-state index in [9.17, 15) is 20.2 Å². The molecule has 3 heterocycles. The maximum Gasteiger partial charge on any atom is 0.270 e. The smallest absolute Gasteiger partial charge is 0.270 e. The van der Waals surface area contributed by atoms with Crippen LogP contribution in [0.4, 0.5) is 5.69 Å². The summed E-state index contributed by atoms with van der Waals surface area (Å²) >= 11 is 3.43. The van der Waals surface area contributed by atoms with Gasteiger partial charge < -0.3 is 18.6 Å². The number of nitriles is 1. The van der Waals surface area contributed by atoms with Crippen molar-refractivity contribution in [3.63, 3.8) is 0 Å². The molecule has 0 unspecified atom stereocenters. The Morgan fingerprint density at radius 1 is 1.29 bits per heavy atom. The molecule has 0 N–H and O–H groups in total. The summed E-state index contributed by atoms with van der Waals surface area (Å²) in [5.74, 6) is 0.363. The maximum atomic E-state index is 12.3. The minimum atomic E-state index is -1.02. The van der Waals surface area contributed by atoms with E-state index < -0.39 is 17.1 Å². The molecule has 13 heteroatoms. The minimum absolute atomic E-state index is 0.0641. The summed E-state index contributed by atoms with van der Waals surface area (Å²) in [4.78, 5) is 27.4. The number of hydrazone groups is 1. The molecule has 1 amide bonds. The van der Waals surface area contributed by atoms with Crippen molar-refractivity contribution in [2.75, 3.05) is 13.7 Å². The SMILES string of the molecule is COCc1c(Br)c(C)nc(OCC2=NN(C(C)=O)[C@H](c3ccc(-c4cc([N+](=O)[O-])ccc4C)o3)O2)c1C#N. The maximum absolute atomic E-state index is 12.3. The molecule has 0 radical (unpaired) electrons. The third-order valence-electron chi connectivity index (χ3n) is 5.68. The van der Waals surface area contributed by atoms with Gasteiger partial charge in [-0.1, -0.05) is 6.07 Å². The summed E-state index contributed by atoms with van der Waals surface area (Å²) < 4.78 is 23.4. The molecule has 38 heavy (non-hydrogen) atoms. The second-order valence-electron chi connectivity index (χ2n) is 8.29. The number of non-ortho nitro benzene ring substituents is 1. The van der Waals surface area contributed by atoms with Gasteiger partial charge in [-0.05, 0) is 47.5 Å². The Morgan fingerprint density at radius 2 is 2.05 bits per heavy atom. The van der Waals surface area contributed by atoms with Crippen LogP contribution < -0.4 is 4.74 Å². The van der Waals surface area contributed by atoms with Crippen molar-refractivity contribution in [3.05, 3.63) is 73.1 Å². The second-order valence-corrected chi connectivity index (χ2v) is 9.08. The normalized spacial score (nSPS) is 14.6. The Kier molecular flexibility index (Phi) is 7.75. The van der Waals surface area contributed by atoms with Crippen molar-refractivity contribution in [2.45, 2.75) is 33.6 Å². The highest BCUT2D eigenvalue weighted by molar-refractivity contribution is 9.10. The van der Waals surface area contributed by atoms with Crippen molar-refractivity contribution in [3.8, 4) is 23.3 Å². The molecule has 1 aliphatic rings. The van der Waals surface area contributed by atoms with E-state index >= 15 is 0 Å². The van der Waals surface area contributed by atoms with E-state index in [0.29, 0.717) is 27.1 Å². The van der Waals surface area contributed by atoms with E-state index in [1.54, 1.807) is 32.0 Å². The lowest BCUT2D eigenvalue weighted by atomic mass is 10.1. The molecule has 12 nitrogen and oxygen atoms in total. The fourth-order valence-electron chi connectivity index (χ4n) is 3.82. The van der Waals surface area contributed by atoms with Crippen LogP contribution in [0.3, 0.4) is 0 Å². The average molecular weight is 584 g/mol. The highest BCUT2D eigenvalue weighted by Crippen LogP contribution is 2.35. The number of halogens is 1. The summed E-state index contributed by atoms with van der Waals surface area (Å²) in [6.07, 6.45) is -1.02. The second kappa shape index (κ2) is 11.0. The lowest BCUT2D eigenvalue weighted by molar-refractivity contribution is -0.384. The molecule has 1 aromatic carbocycles. The van der Waals surface area contributed by atoms with E-state index in [-0.39, 0.29) is 42.0 Å². The van der Waals surface area contributed by atoms with E-state index in [2.05, 4.69) is 32.1 Å². The van der Waals surface area contributed by atoms with Crippen LogP contribution in [-0.2, 0) is 20.9 Å². The fourth-order valence-corrected chi connectivity index (χ4v) is 4.22. The van der Waals surface area contributed by atoms with Crippen LogP contribution >= 0.6 is 15.9 Å². The predicted molar refractivity (Wildman–Crippen MR) is 137 cm³/mol. The molecule has 1 atom stereocenters. The van der Waals surface area contributed by atoms with Gasteiger partial charge in [0.25, 0.3) is 11.9 Å². The minimum Gasteiger partial charge on any atom is -0.467 e. The van der Waals surface area contributed by atoms with Crippen LogP contribution in [0.25, 0.3) is 11.3 Å². The number of carbonyl (C=O) groups excluding carboxylic acids is 1. The van der Waals surface area contributed by atoms with Gasteiger partial charge in [0.05, 0.1) is 17.2 Å². The molecule has 0 spiro atoms. The number of hydrogen-bond donors (Lipinski definition) is 0. The van der Waals surface area contributed by atoms with Crippen molar-refractivity contribution < 1.29 is 28.3 Å². The molecule has 1 aliphatic heterocycles. The number of furan rings is 1. The quantitative estimate of drug-likeness (QED) is 0.265. The van der Waals surface area contributed by atoms with Crippen molar-refractivity contribution in [1.29, 1.82) is 5.26 Å². The molecular formula is C25H22BrN5O7. The number of nitrogens with zero attached hydrogens (tertiary/aromatic N) is 5. The van der Waals surface area contributed by atoms with Gasteiger partial charge in [-0.25, -0.2) is 4.98 Å². The Hall–Kier alpha value is -4.28. The highest BCUT2D eigenvalue weighted by Gasteiger charge is 2.35. The molecule has 3 aromatic rings. The standard InChI is InChI=1S/C25H22BrN5O7/c1-13-5-6-16(31(33)34)9-17(13)20-7-8-21(37-20)25-30(15(3)32)29-22(38-25)12-36-24-18(10-27)19(11-35-4)23(26)14(2)28-24/h5-9,25H,11-12H2,1-4H3/t25-/m0/s1. The van der Waals surface area contributed by atoms with Gasteiger partial charge in [0.1, 0.15) is 17.4 Å². The van der Waals surface area contributed by atoms with Crippen LogP contribution in [0.15, 0.2) is 44.3 Å². The van der Waals surface area contributed by atoms with Gasteiger partial charge in [-0.15, -0.1) is 5.10 Å². The number of hydrogen-bond acceptors (Lipinski definition) is 10. The first-order chi connectivity index (χ1) is 18.1. The van der Waals surface area contributed by atoms with E-state index in [0.717, 1.165) is 10.6 Å². The first-order valence-electron chi connectivity index (χ1n) is 11.2. The Morgan fingerprint density at radius 3 is 2.71 bits per heavy atom. The molecule has 0 bridgehead atoms. The highest BCUT2D eigenvalue weighted by atomic mass is 79.9. The fraction of sp³-hybridized carbons (Fsp3) is 0.280.